The number of para-hydroxylation sites is 1. The van der Waals surface area contributed by atoms with Crippen molar-refractivity contribution in [2.45, 2.75) is 16.9 Å². The van der Waals surface area contributed by atoms with E-state index in [-0.39, 0.29) is 5.56 Å². The first kappa shape index (κ1) is 22.2. The van der Waals surface area contributed by atoms with Crippen molar-refractivity contribution in [1.82, 2.24) is 4.31 Å². The van der Waals surface area contributed by atoms with Crippen molar-refractivity contribution in [3.05, 3.63) is 106 Å². The van der Waals surface area contributed by atoms with Gasteiger partial charge in [-0.3, -0.25) is 19.7 Å². The summed E-state index contributed by atoms with van der Waals surface area (Å²) in [4.78, 5) is 36.6. The lowest BCUT2D eigenvalue weighted by Crippen LogP contribution is -2.48. The van der Waals surface area contributed by atoms with Crippen LogP contribution in [0.2, 0.25) is 0 Å². The van der Waals surface area contributed by atoms with Crippen molar-refractivity contribution in [3.63, 3.8) is 0 Å². The number of nitrogens with zero attached hydrogens (tertiary/aromatic N) is 2. The largest absolute Gasteiger partial charge is 0.468 e. The van der Waals surface area contributed by atoms with E-state index in [1.165, 1.54) is 25.3 Å². The van der Waals surface area contributed by atoms with Crippen molar-refractivity contribution in [1.29, 1.82) is 0 Å². The Labute approximate surface area is 189 Å². The zero-order valence-corrected chi connectivity index (χ0v) is 18.1. The van der Waals surface area contributed by atoms with Gasteiger partial charge in [0, 0.05) is 11.6 Å². The van der Waals surface area contributed by atoms with Crippen LogP contribution in [-0.4, -0.2) is 36.6 Å². The third kappa shape index (κ3) is 3.64. The summed E-state index contributed by atoms with van der Waals surface area (Å²) in [5.74, 6) is -2.81. The van der Waals surface area contributed by atoms with Crippen LogP contribution in [0.15, 0.2) is 83.8 Å². The molecule has 0 bridgehead atoms. The normalized spacial score (nSPS) is 17.8. The molecule has 0 aromatic heterocycles. The number of carbonyl (C=O) groups excluding carboxylic acids is 2. The Hall–Kier alpha value is -4.05. The van der Waals surface area contributed by atoms with E-state index < -0.39 is 49.4 Å². The number of nitro groups is 1. The Balaban J connectivity index is 2.04. The van der Waals surface area contributed by atoms with Crippen LogP contribution >= 0.6 is 0 Å². The van der Waals surface area contributed by atoms with Crippen molar-refractivity contribution in [3.8, 4) is 0 Å². The topological polar surface area (TPSA) is 124 Å². The highest BCUT2D eigenvalue weighted by Crippen LogP contribution is 2.46. The van der Waals surface area contributed by atoms with Crippen molar-refractivity contribution in [2.24, 2.45) is 0 Å². The quantitative estimate of drug-likeness (QED) is 0.320. The minimum absolute atomic E-state index is 0.00207. The van der Waals surface area contributed by atoms with Crippen LogP contribution in [0, 0.1) is 10.1 Å². The van der Waals surface area contributed by atoms with Crippen LogP contribution in [0.25, 0.3) is 0 Å². The molecule has 1 heterocycles. The number of benzene rings is 3. The maximum absolute atomic E-state index is 13.8. The summed E-state index contributed by atoms with van der Waals surface area (Å²) < 4.78 is 33.2. The van der Waals surface area contributed by atoms with Crippen molar-refractivity contribution < 1.29 is 27.7 Å². The predicted molar refractivity (Wildman–Crippen MR) is 117 cm³/mol. The molecule has 0 unspecified atom stereocenters. The molecule has 0 fully saturated rings. The summed E-state index contributed by atoms with van der Waals surface area (Å²) in [6.45, 7) is 0. The number of nitro benzene ring substituents is 1. The molecule has 1 amide bonds. The number of hydrogen-bond acceptors (Lipinski definition) is 7. The van der Waals surface area contributed by atoms with Gasteiger partial charge in [-0.25, -0.2) is 12.7 Å². The second kappa shape index (κ2) is 8.47. The summed E-state index contributed by atoms with van der Waals surface area (Å²) in [6.07, 6.45) is 0. The zero-order chi connectivity index (χ0) is 23.8. The molecule has 33 heavy (non-hydrogen) atoms. The predicted octanol–water partition coefficient (Wildman–Crippen LogP) is 3.44. The number of carbonyl (C=O) groups is 2. The number of fused-ring (bicyclic) bond motifs is 1. The van der Waals surface area contributed by atoms with Gasteiger partial charge in [0.25, 0.3) is 21.6 Å². The van der Waals surface area contributed by atoms with Crippen molar-refractivity contribution >= 4 is 27.6 Å². The van der Waals surface area contributed by atoms with Crippen LogP contribution in [0.4, 0.5) is 5.69 Å². The smallest absolute Gasteiger partial charge is 0.315 e. The average molecular weight is 466 g/mol. The molecular weight excluding hydrogens is 448 g/mol. The summed E-state index contributed by atoms with van der Waals surface area (Å²) in [5.41, 5.74) is 0.00274. The molecule has 2 atom stereocenters. The number of sulfonamides is 1. The lowest BCUT2D eigenvalue weighted by atomic mass is 9.81. The lowest BCUT2D eigenvalue weighted by Gasteiger charge is -2.40. The molecule has 10 heteroatoms. The van der Waals surface area contributed by atoms with Gasteiger partial charge in [-0.15, -0.1) is 0 Å². The fraction of sp³-hybridized carbons (Fsp3) is 0.130. The molecule has 9 nitrogen and oxygen atoms in total. The van der Waals surface area contributed by atoms with Crippen LogP contribution < -0.4 is 0 Å². The Morgan fingerprint density at radius 2 is 1.58 bits per heavy atom. The number of ether oxygens (including phenoxy) is 1. The monoisotopic (exact) mass is 466 g/mol. The molecule has 3 aromatic rings. The molecule has 1 aliphatic heterocycles. The van der Waals surface area contributed by atoms with E-state index in [0.29, 0.717) is 15.4 Å². The number of esters is 1. The Morgan fingerprint density at radius 1 is 0.970 bits per heavy atom. The van der Waals surface area contributed by atoms with Gasteiger partial charge in [-0.2, -0.15) is 0 Å². The number of hydrogen-bond donors (Lipinski definition) is 0. The van der Waals surface area contributed by atoms with Gasteiger partial charge < -0.3 is 4.74 Å². The summed E-state index contributed by atoms with van der Waals surface area (Å²) >= 11 is 0. The van der Waals surface area contributed by atoms with Crippen LogP contribution in [0.1, 0.15) is 33.4 Å². The van der Waals surface area contributed by atoms with Crippen molar-refractivity contribution in [2.75, 3.05) is 7.11 Å². The maximum atomic E-state index is 13.8. The average Bonchev–Trinajstić information content (AvgIpc) is 2.83. The van der Waals surface area contributed by atoms with Gasteiger partial charge in [0.15, 0.2) is 4.90 Å². The molecule has 0 saturated carbocycles. The van der Waals surface area contributed by atoms with E-state index in [9.17, 15) is 28.1 Å². The molecule has 168 valence electrons. The fourth-order valence-electron chi connectivity index (χ4n) is 4.07. The van der Waals surface area contributed by atoms with E-state index in [1.54, 1.807) is 48.5 Å². The summed E-state index contributed by atoms with van der Waals surface area (Å²) in [7, 11) is -3.60. The van der Waals surface area contributed by atoms with Gasteiger partial charge in [0.1, 0.15) is 5.92 Å². The SMILES string of the molecule is COC(=O)[C@@H]1c2ccccc2C(=O)N(S(=O)(=O)c2ccccc2[N+](=O)[O-])[C@H]1c1ccccc1. The first-order chi connectivity index (χ1) is 15.8. The standard InChI is InChI=1S/C23H18N2O7S/c1-32-23(27)20-16-11-5-6-12-17(16)22(26)24(21(20)15-9-3-2-4-10-15)33(30,31)19-14-8-7-13-18(19)25(28)29/h2-14,20-21H,1H3/t20-,21+/m1/s1. The second-order valence-corrected chi connectivity index (χ2v) is 9.06. The van der Waals surface area contributed by atoms with E-state index in [1.807, 2.05) is 0 Å². The van der Waals surface area contributed by atoms with Gasteiger partial charge in [0.2, 0.25) is 0 Å². The van der Waals surface area contributed by atoms with Gasteiger partial charge in [-0.1, -0.05) is 60.7 Å². The van der Waals surface area contributed by atoms with Crippen LogP contribution in [-0.2, 0) is 19.6 Å². The van der Waals surface area contributed by atoms with E-state index in [4.69, 9.17) is 4.74 Å². The van der Waals surface area contributed by atoms with Gasteiger partial charge in [0.05, 0.1) is 18.1 Å². The molecular formula is C23H18N2O7S. The molecule has 0 spiro atoms. The first-order valence-corrected chi connectivity index (χ1v) is 11.3. The molecule has 0 aliphatic carbocycles. The maximum Gasteiger partial charge on any atom is 0.315 e. The van der Waals surface area contributed by atoms with E-state index >= 15 is 0 Å². The lowest BCUT2D eigenvalue weighted by molar-refractivity contribution is -0.387. The highest BCUT2D eigenvalue weighted by Gasteiger charge is 2.51. The minimum Gasteiger partial charge on any atom is -0.468 e. The zero-order valence-electron chi connectivity index (χ0n) is 17.3. The summed E-state index contributed by atoms with van der Waals surface area (Å²) in [6, 6.07) is 17.8. The van der Waals surface area contributed by atoms with Crippen LogP contribution in [0.5, 0.6) is 0 Å². The molecule has 3 aromatic carbocycles. The van der Waals surface area contributed by atoms with Gasteiger partial charge in [-0.05, 0) is 23.3 Å². The summed E-state index contributed by atoms with van der Waals surface area (Å²) in [5, 5.41) is 11.6. The third-order valence-corrected chi connectivity index (χ3v) is 7.30. The highest BCUT2D eigenvalue weighted by molar-refractivity contribution is 7.89. The fourth-order valence-corrected chi connectivity index (χ4v) is 5.79. The number of rotatable bonds is 5. The Kier molecular flexibility index (Phi) is 5.69. The Bertz CT molecular complexity index is 1360. The number of amides is 1. The second-order valence-electron chi connectivity index (χ2n) is 7.27. The molecule has 0 N–H and O–H groups in total. The third-order valence-electron chi connectivity index (χ3n) is 5.49. The number of methoxy groups -OCH3 is 1. The Morgan fingerprint density at radius 3 is 2.24 bits per heavy atom. The van der Waals surface area contributed by atoms with E-state index in [2.05, 4.69) is 0 Å². The van der Waals surface area contributed by atoms with Crippen LogP contribution in [0.3, 0.4) is 0 Å². The molecule has 0 radical (unpaired) electrons. The molecule has 1 aliphatic rings. The molecule has 0 saturated heterocycles. The van der Waals surface area contributed by atoms with E-state index in [0.717, 1.165) is 12.1 Å². The molecule has 4 rings (SSSR count). The minimum atomic E-state index is -4.77. The first-order valence-electron chi connectivity index (χ1n) is 9.83. The highest BCUT2D eigenvalue weighted by atomic mass is 32.2. The van der Waals surface area contributed by atoms with Gasteiger partial charge >= 0.3 is 5.97 Å².